The fraction of sp³-hybridized carbons (Fsp3) is 0.400. The number of hydrogen-bond donors (Lipinski definition) is 2. The molecule has 0 heterocycles. The van der Waals surface area contributed by atoms with Crippen molar-refractivity contribution in [1.29, 1.82) is 0 Å². The van der Waals surface area contributed by atoms with Gasteiger partial charge >= 0.3 is 5.97 Å². The Morgan fingerprint density at radius 1 is 1.73 bits per heavy atom. The van der Waals surface area contributed by atoms with Crippen molar-refractivity contribution in [3.05, 3.63) is 0 Å². The van der Waals surface area contributed by atoms with Crippen LogP contribution in [0.1, 0.15) is 6.92 Å². The van der Waals surface area contributed by atoms with Crippen LogP contribution in [0.5, 0.6) is 0 Å². The maximum absolute atomic E-state index is 10.6. The van der Waals surface area contributed by atoms with Gasteiger partial charge in [0.15, 0.2) is 5.11 Å². The Kier molecular flexibility index (Phi) is 4.12. The van der Waals surface area contributed by atoms with E-state index in [1.165, 1.54) is 14.0 Å². The number of rotatable bonds is 2. The molecule has 0 aliphatic heterocycles. The summed E-state index contributed by atoms with van der Waals surface area (Å²) in [5.74, 6) is -0.520. The van der Waals surface area contributed by atoms with Gasteiger partial charge < -0.3 is 10.5 Å². The van der Waals surface area contributed by atoms with Gasteiger partial charge in [-0.2, -0.15) is 5.10 Å². The lowest BCUT2D eigenvalue weighted by molar-refractivity contribution is -0.132. The molecular formula is C5H9N3O2S. The number of nitrogens with zero attached hydrogens (tertiary/aromatic N) is 1. The van der Waals surface area contributed by atoms with E-state index in [2.05, 4.69) is 27.5 Å². The van der Waals surface area contributed by atoms with Crippen molar-refractivity contribution >= 4 is 29.0 Å². The van der Waals surface area contributed by atoms with Crippen LogP contribution in [0.25, 0.3) is 0 Å². The second-order valence-electron chi connectivity index (χ2n) is 1.66. The molecule has 0 aromatic heterocycles. The van der Waals surface area contributed by atoms with Crippen molar-refractivity contribution in [1.82, 2.24) is 5.43 Å². The standard InChI is InChI=1S/C5H9N3O2S/c1-3(4(9)10-2)7-8-5(6)11/h1-2H3,(H3,6,8,11). The number of nitrogens with one attached hydrogen (secondary N) is 1. The Morgan fingerprint density at radius 3 is 2.64 bits per heavy atom. The minimum atomic E-state index is -0.520. The average molecular weight is 175 g/mol. The first kappa shape index (κ1) is 9.83. The van der Waals surface area contributed by atoms with Gasteiger partial charge in [0.25, 0.3) is 0 Å². The zero-order chi connectivity index (χ0) is 8.85. The molecule has 0 unspecified atom stereocenters. The molecule has 0 amide bonds. The number of carbonyl (C=O) groups excluding carboxylic acids is 1. The molecule has 0 bridgehead atoms. The zero-order valence-electron chi connectivity index (χ0n) is 6.25. The second-order valence-corrected chi connectivity index (χ2v) is 2.10. The summed E-state index contributed by atoms with van der Waals surface area (Å²) in [7, 11) is 1.27. The predicted octanol–water partition coefficient (Wildman–Crippen LogP) is -0.631. The molecule has 0 aromatic rings. The number of carbonyl (C=O) groups is 1. The van der Waals surface area contributed by atoms with Crippen LogP contribution in [0, 0.1) is 0 Å². The van der Waals surface area contributed by atoms with E-state index >= 15 is 0 Å². The number of hydrazone groups is 1. The van der Waals surface area contributed by atoms with Crippen LogP contribution in [-0.2, 0) is 9.53 Å². The third-order valence-electron chi connectivity index (χ3n) is 0.815. The highest BCUT2D eigenvalue weighted by Crippen LogP contribution is 1.78. The van der Waals surface area contributed by atoms with Gasteiger partial charge in [-0.1, -0.05) is 0 Å². The van der Waals surface area contributed by atoms with Crippen LogP contribution in [0.15, 0.2) is 5.10 Å². The SMILES string of the molecule is COC(=O)C(C)=NNC(N)=S. The third-order valence-corrected chi connectivity index (χ3v) is 0.906. The minimum absolute atomic E-state index is 0.00764. The van der Waals surface area contributed by atoms with Gasteiger partial charge in [0.2, 0.25) is 0 Å². The van der Waals surface area contributed by atoms with Crippen molar-refractivity contribution in [3.8, 4) is 0 Å². The van der Waals surface area contributed by atoms with E-state index in [4.69, 9.17) is 5.73 Å². The molecule has 5 nitrogen and oxygen atoms in total. The zero-order valence-corrected chi connectivity index (χ0v) is 7.07. The first-order valence-electron chi connectivity index (χ1n) is 2.76. The summed E-state index contributed by atoms with van der Waals surface area (Å²) < 4.78 is 4.35. The Morgan fingerprint density at radius 2 is 2.27 bits per heavy atom. The Hall–Kier alpha value is -1.17. The van der Waals surface area contributed by atoms with Gasteiger partial charge in [0.05, 0.1) is 7.11 Å². The van der Waals surface area contributed by atoms with Gasteiger partial charge in [-0.05, 0) is 19.1 Å². The average Bonchev–Trinajstić information content (AvgIpc) is 1.98. The van der Waals surface area contributed by atoms with Crippen LogP contribution in [0.3, 0.4) is 0 Å². The van der Waals surface area contributed by atoms with Crippen LogP contribution in [0.4, 0.5) is 0 Å². The van der Waals surface area contributed by atoms with Gasteiger partial charge in [-0.15, -0.1) is 0 Å². The molecule has 3 N–H and O–H groups in total. The number of nitrogens with two attached hydrogens (primary N) is 1. The molecule has 0 aliphatic rings. The molecule has 0 atom stereocenters. The number of ether oxygens (including phenoxy) is 1. The monoisotopic (exact) mass is 175 g/mol. The highest BCUT2D eigenvalue weighted by molar-refractivity contribution is 7.80. The molecule has 0 aromatic carbocycles. The lowest BCUT2D eigenvalue weighted by Crippen LogP contribution is -2.27. The minimum Gasteiger partial charge on any atom is -0.464 e. The summed E-state index contributed by atoms with van der Waals surface area (Å²) in [4.78, 5) is 10.6. The van der Waals surface area contributed by atoms with Crippen molar-refractivity contribution < 1.29 is 9.53 Å². The maximum Gasteiger partial charge on any atom is 0.353 e. The van der Waals surface area contributed by atoms with Crippen molar-refractivity contribution in [2.24, 2.45) is 10.8 Å². The van der Waals surface area contributed by atoms with E-state index in [0.29, 0.717) is 0 Å². The number of esters is 1. The summed E-state index contributed by atoms with van der Waals surface area (Å²) in [5.41, 5.74) is 7.47. The summed E-state index contributed by atoms with van der Waals surface area (Å²) in [6.07, 6.45) is 0. The molecule has 0 fully saturated rings. The molecule has 11 heavy (non-hydrogen) atoms. The van der Waals surface area contributed by atoms with E-state index in [1.807, 2.05) is 0 Å². The normalized spacial score (nSPS) is 10.5. The highest BCUT2D eigenvalue weighted by atomic mass is 32.1. The molecule has 0 rings (SSSR count). The summed E-state index contributed by atoms with van der Waals surface area (Å²) >= 11 is 4.44. The molecule has 0 saturated carbocycles. The Balaban J connectivity index is 4.00. The molecule has 6 heteroatoms. The molecule has 0 aliphatic carbocycles. The van der Waals surface area contributed by atoms with Crippen LogP contribution in [0.2, 0.25) is 0 Å². The largest absolute Gasteiger partial charge is 0.464 e. The first-order chi connectivity index (χ1) is 5.07. The lowest BCUT2D eigenvalue weighted by Gasteiger charge is -1.98. The Bertz CT molecular complexity index is 202. The van der Waals surface area contributed by atoms with Gasteiger partial charge in [-0.3, -0.25) is 5.43 Å². The number of methoxy groups -OCH3 is 1. The van der Waals surface area contributed by atoms with E-state index in [0.717, 1.165) is 0 Å². The second kappa shape index (κ2) is 4.62. The summed E-state index contributed by atoms with van der Waals surface area (Å²) in [6.45, 7) is 1.48. The highest BCUT2D eigenvalue weighted by Gasteiger charge is 2.03. The van der Waals surface area contributed by atoms with Crippen LogP contribution in [-0.4, -0.2) is 23.9 Å². The fourth-order valence-electron chi connectivity index (χ4n) is 0.332. The number of hydrogen-bond acceptors (Lipinski definition) is 4. The number of thiocarbonyl (C=S) groups is 1. The van der Waals surface area contributed by atoms with Gasteiger partial charge in [0, 0.05) is 0 Å². The van der Waals surface area contributed by atoms with Gasteiger partial charge in [-0.25, -0.2) is 4.79 Å². The summed E-state index contributed by atoms with van der Waals surface area (Å²) in [5, 5.41) is 3.53. The topological polar surface area (TPSA) is 76.7 Å². The maximum atomic E-state index is 10.6. The van der Waals surface area contributed by atoms with E-state index in [-0.39, 0.29) is 10.8 Å². The van der Waals surface area contributed by atoms with Crippen molar-refractivity contribution in [2.75, 3.05) is 7.11 Å². The Labute approximate surface area is 69.6 Å². The van der Waals surface area contributed by atoms with E-state index in [9.17, 15) is 4.79 Å². The molecule has 62 valence electrons. The first-order valence-corrected chi connectivity index (χ1v) is 3.16. The van der Waals surface area contributed by atoms with Crippen molar-refractivity contribution in [3.63, 3.8) is 0 Å². The predicted molar refractivity (Wildman–Crippen MR) is 45.0 cm³/mol. The molecule has 0 saturated heterocycles. The third kappa shape index (κ3) is 4.26. The summed E-state index contributed by atoms with van der Waals surface area (Å²) in [6, 6.07) is 0. The van der Waals surface area contributed by atoms with E-state index < -0.39 is 5.97 Å². The molecule has 0 spiro atoms. The lowest BCUT2D eigenvalue weighted by atomic mass is 10.4. The van der Waals surface area contributed by atoms with E-state index in [1.54, 1.807) is 0 Å². The molecular weight excluding hydrogens is 166 g/mol. The quantitative estimate of drug-likeness (QED) is 0.253. The molecule has 0 radical (unpaired) electrons. The van der Waals surface area contributed by atoms with Gasteiger partial charge in [0.1, 0.15) is 5.71 Å². The fourth-order valence-corrected chi connectivity index (χ4v) is 0.378. The smallest absolute Gasteiger partial charge is 0.353 e. The van der Waals surface area contributed by atoms with Crippen LogP contribution >= 0.6 is 12.2 Å². The van der Waals surface area contributed by atoms with Crippen molar-refractivity contribution in [2.45, 2.75) is 6.92 Å². The van der Waals surface area contributed by atoms with Crippen LogP contribution < -0.4 is 11.2 Å².